The molecule has 26 heavy (non-hydrogen) atoms. The molecule has 4 bridgehead atoms. The smallest absolute Gasteiger partial charge is 0.338 e. The van der Waals surface area contributed by atoms with Crippen LogP contribution >= 0.6 is 0 Å². The summed E-state index contributed by atoms with van der Waals surface area (Å²) in [6.45, 7) is 0.204. The molecule has 0 amide bonds. The number of hydrogen-bond acceptors (Lipinski definition) is 5. The van der Waals surface area contributed by atoms with E-state index < -0.39 is 5.41 Å². The molecule has 5 heteroatoms. The van der Waals surface area contributed by atoms with E-state index in [2.05, 4.69) is 6.08 Å². The Bertz CT molecular complexity index is 725. The van der Waals surface area contributed by atoms with Crippen LogP contribution in [0.15, 0.2) is 42.0 Å². The van der Waals surface area contributed by atoms with Gasteiger partial charge in [-0.2, -0.15) is 0 Å². The Labute approximate surface area is 153 Å². The van der Waals surface area contributed by atoms with Crippen molar-refractivity contribution in [3.8, 4) is 0 Å². The van der Waals surface area contributed by atoms with Crippen molar-refractivity contribution >= 4 is 11.9 Å². The van der Waals surface area contributed by atoms with Crippen molar-refractivity contribution in [3.63, 3.8) is 0 Å². The van der Waals surface area contributed by atoms with Crippen LogP contribution < -0.4 is 0 Å². The fourth-order valence-electron chi connectivity index (χ4n) is 4.76. The normalized spacial score (nSPS) is 32.4. The molecule has 0 radical (unpaired) electrons. The topological polar surface area (TPSA) is 61.8 Å². The highest BCUT2D eigenvalue weighted by atomic mass is 16.6. The number of benzene rings is 1. The molecule has 1 saturated heterocycles. The maximum absolute atomic E-state index is 12.8. The summed E-state index contributed by atoms with van der Waals surface area (Å²) in [6.07, 6.45) is 6.03. The second-order valence-electron chi connectivity index (χ2n) is 7.37. The second kappa shape index (κ2) is 6.88. The first kappa shape index (κ1) is 17.3. The third-order valence-corrected chi connectivity index (χ3v) is 6.14. The SMILES string of the molecule is CO[C@H]1CC[C@@]2(CCOC(=O)c3ccccc3)C(=O)O[C@H]3C2=CCC[C@H]13. The zero-order chi connectivity index (χ0) is 18.1. The predicted molar refractivity (Wildman–Crippen MR) is 94.5 cm³/mol. The number of hydrogen-bond donors (Lipinski definition) is 0. The summed E-state index contributed by atoms with van der Waals surface area (Å²) >= 11 is 0. The summed E-state index contributed by atoms with van der Waals surface area (Å²) in [5.41, 5.74) is 0.955. The lowest BCUT2D eigenvalue weighted by Crippen LogP contribution is -2.35. The Morgan fingerprint density at radius 2 is 2.08 bits per heavy atom. The monoisotopic (exact) mass is 356 g/mol. The Balaban J connectivity index is 1.50. The zero-order valence-electron chi connectivity index (χ0n) is 15.0. The summed E-state index contributed by atoms with van der Waals surface area (Å²) in [7, 11) is 1.73. The average molecular weight is 356 g/mol. The minimum absolute atomic E-state index is 0.116. The highest BCUT2D eigenvalue weighted by Crippen LogP contribution is 2.54. The van der Waals surface area contributed by atoms with Crippen LogP contribution in [-0.4, -0.2) is 37.9 Å². The molecule has 1 aromatic carbocycles. The molecule has 1 saturated carbocycles. The predicted octanol–water partition coefficient (Wildman–Crippen LogP) is 3.29. The summed E-state index contributed by atoms with van der Waals surface area (Å²) < 4.78 is 16.9. The number of carbonyl (C=O) groups excluding carboxylic acids is 2. The van der Waals surface area contributed by atoms with Crippen molar-refractivity contribution in [1.29, 1.82) is 0 Å². The van der Waals surface area contributed by atoms with E-state index >= 15 is 0 Å². The fourth-order valence-corrected chi connectivity index (χ4v) is 4.76. The van der Waals surface area contributed by atoms with Gasteiger partial charge in [0.1, 0.15) is 6.10 Å². The average Bonchev–Trinajstić information content (AvgIpc) is 2.92. The van der Waals surface area contributed by atoms with Crippen molar-refractivity contribution in [2.45, 2.75) is 44.3 Å². The molecule has 1 heterocycles. The van der Waals surface area contributed by atoms with Crippen molar-refractivity contribution in [2.24, 2.45) is 11.3 Å². The lowest BCUT2D eigenvalue weighted by molar-refractivity contribution is -0.155. The Morgan fingerprint density at radius 3 is 2.85 bits per heavy atom. The highest BCUT2D eigenvalue weighted by molar-refractivity contribution is 5.89. The molecule has 1 aromatic rings. The van der Waals surface area contributed by atoms with Crippen molar-refractivity contribution in [1.82, 2.24) is 0 Å². The first-order valence-electron chi connectivity index (χ1n) is 9.32. The number of allylic oxidation sites excluding steroid dienone is 1. The number of carbonyl (C=O) groups is 2. The van der Waals surface area contributed by atoms with Crippen molar-refractivity contribution in [3.05, 3.63) is 47.5 Å². The molecule has 1 aliphatic heterocycles. The second-order valence-corrected chi connectivity index (χ2v) is 7.37. The van der Waals surface area contributed by atoms with Gasteiger partial charge >= 0.3 is 11.9 Å². The van der Waals surface area contributed by atoms with E-state index in [1.54, 1.807) is 31.4 Å². The fraction of sp³-hybridized carbons (Fsp3) is 0.524. The molecular weight excluding hydrogens is 332 g/mol. The van der Waals surface area contributed by atoms with Gasteiger partial charge < -0.3 is 14.2 Å². The largest absolute Gasteiger partial charge is 0.462 e. The molecule has 0 aromatic heterocycles. The minimum atomic E-state index is -0.659. The Morgan fingerprint density at radius 1 is 1.27 bits per heavy atom. The summed E-state index contributed by atoms with van der Waals surface area (Å²) in [6, 6.07) is 8.91. The number of esters is 2. The molecule has 5 nitrogen and oxygen atoms in total. The van der Waals surface area contributed by atoms with E-state index in [-0.39, 0.29) is 36.7 Å². The first-order chi connectivity index (χ1) is 12.7. The van der Waals surface area contributed by atoms with Gasteiger partial charge in [0.05, 0.1) is 23.7 Å². The van der Waals surface area contributed by atoms with E-state index in [1.807, 2.05) is 6.07 Å². The molecule has 0 N–H and O–H groups in total. The van der Waals surface area contributed by atoms with Crippen molar-refractivity contribution < 1.29 is 23.8 Å². The molecular formula is C21H24O5. The summed E-state index contributed by atoms with van der Waals surface area (Å²) in [4.78, 5) is 24.9. The zero-order valence-corrected chi connectivity index (χ0v) is 15.0. The van der Waals surface area contributed by atoms with Crippen LogP contribution in [0.3, 0.4) is 0 Å². The Hall–Kier alpha value is -2.14. The van der Waals surface area contributed by atoms with Gasteiger partial charge in [0.25, 0.3) is 0 Å². The first-order valence-corrected chi connectivity index (χ1v) is 9.32. The third-order valence-electron chi connectivity index (χ3n) is 6.14. The van der Waals surface area contributed by atoms with Gasteiger partial charge in [-0.1, -0.05) is 24.3 Å². The maximum atomic E-state index is 12.8. The number of methoxy groups -OCH3 is 1. The van der Waals surface area contributed by atoms with E-state index in [0.717, 1.165) is 24.8 Å². The molecule has 0 unspecified atom stereocenters. The molecule has 4 rings (SSSR count). The van der Waals surface area contributed by atoms with Gasteiger partial charge in [-0.15, -0.1) is 0 Å². The van der Waals surface area contributed by atoms with Crippen LogP contribution in [0.1, 0.15) is 42.5 Å². The number of rotatable bonds is 5. The maximum Gasteiger partial charge on any atom is 0.338 e. The standard InChI is InChI=1S/C21H24O5/c1-24-17-10-11-21(12-13-25-19(22)14-6-3-2-4-7-14)16-9-5-8-15(17)18(16)26-20(21)23/h2-4,6-7,9,15,17-18H,5,8,10-13H2,1H3/t15-,17+,18-,21+/m1/s1. The van der Waals surface area contributed by atoms with Crippen molar-refractivity contribution in [2.75, 3.05) is 13.7 Å². The third kappa shape index (κ3) is 2.75. The quantitative estimate of drug-likeness (QED) is 0.598. The van der Waals surface area contributed by atoms with Crippen LogP contribution in [0, 0.1) is 11.3 Å². The molecule has 2 fully saturated rings. The molecule has 4 atom stereocenters. The van der Waals surface area contributed by atoms with Crippen LogP contribution in [-0.2, 0) is 19.0 Å². The molecule has 0 spiro atoms. The molecule has 138 valence electrons. The van der Waals surface area contributed by atoms with Gasteiger partial charge in [0, 0.05) is 19.4 Å². The van der Waals surface area contributed by atoms with E-state index in [0.29, 0.717) is 18.4 Å². The Kier molecular flexibility index (Phi) is 4.57. The van der Waals surface area contributed by atoms with Crippen LogP contribution in [0.2, 0.25) is 0 Å². The summed E-state index contributed by atoms with van der Waals surface area (Å²) in [5, 5.41) is 0. The van der Waals surface area contributed by atoms with Crippen LogP contribution in [0.4, 0.5) is 0 Å². The van der Waals surface area contributed by atoms with E-state index in [1.165, 1.54) is 0 Å². The van der Waals surface area contributed by atoms with Gasteiger partial charge in [0.15, 0.2) is 0 Å². The van der Waals surface area contributed by atoms with Gasteiger partial charge in [-0.25, -0.2) is 4.79 Å². The highest BCUT2D eigenvalue weighted by Gasteiger charge is 2.59. The van der Waals surface area contributed by atoms with Gasteiger partial charge in [0.2, 0.25) is 0 Å². The lowest BCUT2D eigenvalue weighted by Gasteiger charge is -2.31. The van der Waals surface area contributed by atoms with Gasteiger partial charge in [-0.05, 0) is 43.4 Å². The van der Waals surface area contributed by atoms with Crippen LogP contribution in [0.5, 0.6) is 0 Å². The lowest BCUT2D eigenvalue weighted by atomic mass is 9.72. The number of ether oxygens (including phenoxy) is 3. The molecule has 2 aliphatic carbocycles. The van der Waals surface area contributed by atoms with E-state index in [4.69, 9.17) is 14.2 Å². The minimum Gasteiger partial charge on any atom is -0.462 e. The molecule has 3 aliphatic rings. The van der Waals surface area contributed by atoms with Crippen LogP contribution in [0.25, 0.3) is 0 Å². The summed E-state index contributed by atoms with van der Waals surface area (Å²) in [5.74, 6) is -0.282. The van der Waals surface area contributed by atoms with E-state index in [9.17, 15) is 9.59 Å². The van der Waals surface area contributed by atoms with Gasteiger partial charge in [-0.3, -0.25) is 4.79 Å².